The Balaban J connectivity index is 1.70. The second-order valence-electron chi connectivity index (χ2n) is 6.83. The second kappa shape index (κ2) is 6.55. The summed E-state index contributed by atoms with van der Waals surface area (Å²) in [6.45, 7) is 4.63. The van der Waals surface area contributed by atoms with Crippen LogP contribution in [0, 0.1) is 12.8 Å². The van der Waals surface area contributed by atoms with E-state index in [4.69, 9.17) is 9.72 Å². The van der Waals surface area contributed by atoms with Crippen molar-refractivity contribution in [2.24, 2.45) is 5.92 Å². The summed E-state index contributed by atoms with van der Waals surface area (Å²) in [6, 6.07) is 4.13. The number of nitrogens with zero attached hydrogens (tertiary/aromatic N) is 5. The van der Waals surface area contributed by atoms with Gasteiger partial charge in [-0.1, -0.05) is 0 Å². The van der Waals surface area contributed by atoms with Gasteiger partial charge in [-0.25, -0.2) is 15.0 Å². The van der Waals surface area contributed by atoms with Gasteiger partial charge in [0.2, 0.25) is 5.91 Å². The first-order chi connectivity index (χ1) is 12.2. The van der Waals surface area contributed by atoms with Crippen LogP contribution in [-0.2, 0) is 9.53 Å². The number of fused-ring (bicyclic) bond motifs is 5. The number of methoxy groups -OCH3 is 1. The van der Waals surface area contributed by atoms with E-state index in [0.29, 0.717) is 31.2 Å². The average molecular weight is 341 g/mol. The predicted molar refractivity (Wildman–Crippen MR) is 94.4 cm³/mol. The Hall–Kier alpha value is -2.28. The fourth-order valence-electron chi connectivity index (χ4n) is 3.99. The van der Waals surface area contributed by atoms with Crippen molar-refractivity contribution >= 4 is 22.8 Å². The van der Waals surface area contributed by atoms with Crippen LogP contribution < -0.4 is 4.90 Å². The molecule has 0 spiro atoms. The lowest BCUT2D eigenvalue weighted by atomic mass is 9.94. The van der Waals surface area contributed by atoms with Crippen molar-refractivity contribution in [3.63, 3.8) is 0 Å². The maximum atomic E-state index is 12.8. The number of ether oxygens (including phenoxy) is 1. The molecule has 7 heteroatoms. The van der Waals surface area contributed by atoms with Crippen LogP contribution in [0.5, 0.6) is 0 Å². The number of piperidine rings is 1. The first-order valence-corrected chi connectivity index (χ1v) is 8.81. The first kappa shape index (κ1) is 16.2. The third kappa shape index (κ3) is 2.93. The van der Waals surface area contributed by atoms with Gasteiger partial charge in [-0.2, -0.15) is 0 Å². The summed E-state index contributed by atoms with van der Waals surface area (Å²) in [4.78, 5) is 30.6. The third-order valence-electron chi connectivity index (χ3n) is 5.19. The minimum absolute atomic E-state index is 0.0256. The van der Waals surface area contributed by atoms with Gasteiger partial charge in [-0.3, -0.25) is 4.79 Å². The molecule has 0 radical (unpaired) electrons. The number of carbonyl (C=O) groups is 1. The molecule has 0 N–H and O–H groups in total. The van der Waals surface area contributed by atoms with E-state index in [1.807, 2.05) is 24.0 Å². The number of amides is 1. The molecule has 2 aromatic heterocycles. The smallest absolute Gasteiger partial charge is 0.227 e. The molecule has 2 atom stereocenters. The van der Waals surface area contributed by atoms with Crippen LogP contribution in [0.2, 0.25) is 0 Å². The van der Waals surface area contributed by atoms with Gasteiger partial charge in [0.25, 0.3) is 0 Å². The number of hydrogen-bond donors (Lipinski definition) is 0. The van der Waals surface area contributed by atoms with Gasteiger partial charge in [-0.15, -0.1) is 0 Å². The van der Waals surface area contributed by atoms with Crippen LogP contribution in [0.1, 0.15) is 18.7 Å². The fourth-order valence-corrected chi connectivity index (χ4v) is 3.99. The topological polar surface area (TPSA) is 71.5 Å². The summed E-state index contributed by atoms with van der Waals surface area (Å²) >= 11 is 0. The number of carbonyl (C=O) groups excluding carboxylic acids is 1. The van der Waals surface area contributed by atoms with Gasteiger partial charge in [0.15, 0.2) is 5.65 Å². The summed E-state index contributed by atoms with van der Waals surface area (Å²) in [5.41, 5.74) is 0.712. The number of aromatic nitrogens is 3. The Morgan fingerprint density at radius 3 is 3.00 bits per heavy atom. The Bertz CT molecular complexity index is 796. The Kier molecular flexibility index (Phi) is 4.25. The van der Waals surface area contributed by atoms with Gasteiger partial charge < -0.3 is 14.5 Å². The second-order valence-corrected chi connectivity index (χ2v) is 6.83. The predicted octanol–water partition coefficient (Wildman–Crippen LogP) is 1.41. The molecule has 5 rings (SSSR count). The molecule has 2 aromatic rings. The van der Waals surface area contributed by atoms with Crippen molar-refractivity contribution in [3.8, 4) is 0 Å². The number of hydrogen-bond acceptors (Lipinski definition) is 6. The lowest BCUT2D eigenvalue weighted by molar-refractivity contribution is -0.140. The van der Waals surface area contributed by atoms with Gasteiger partial charge in [-0.05, 0) is 31.9 Å². The third-order valence-corrected chi connectivity index (χ3v) is 5.19. The molecule has 25 heavy (non-hydrogen) atoms. The zero-order valence-corrected chi connectivity index (χ0v) is 14.7. The van der Waals surface area contributed by atoms with Crippen molar-refractivity contribution in [2.75, 3.05) is 38.3 Å². The fraction of sp³-hybridized carbons (Fsp3) is 0.556. The maximum Gasteiger partial charge on any atom is 0.227 e. The minimum atomic E-state index is 0.0256. The number of aryl methyl sites for hydroxylation is 1. The van der Waals surface area contributed by atoms with E-state index in [2.05, 4.69) is 14.9 Å². The lowest BCUT2D eigenvalue weighted by Gasteiger charge is -2.35. The number of pyridine rings is 1. The highest BCUT2D eigenvalue weighted by molar-refractivity contribution is 5.88. The van der Waals surface area contributed by atoms with Gasteiger partial charge in [0.1, 0.15) is 11.6 Å². The molecule has 3 aliphatic rings. The Morgan fingerprint density at radius 1 is 1.28 bits per heavy atom. The quantitative estimate of drug-likeness (QED) is 0.837. The van der Waals surface area contributed by atoms with Gasteiger partial charge in [0.05, 0.1) is 17.9 Å². The molecular formula is C18H23N5O2. The van der Waals surface area contributed by atoms with Crippen LogP contribution in [0.15, 0.2) is 18.3 Å². The molecule has 7 nitrogen and oxygen atoms in total. The zero-order chi connectivity index (χ0) is 17.4. The molecule has 3 fully saturated rings. The van der Waals surface area contributed by atoms with Gasteiger partial charge in [0, 0.05) is 39.0 Å². The maximum absolute atomic E-state index is 12.8. The van der Waals surface area contributed by atoms with Crippen LogP contribution in [0.3, 0.4) is 0 Å². The van der Waals surface area contributed by atoms with Crippen molar-refractivity contribution in [2.45, 2.75) is 25.8 Å². The molecule has 0 saturated carbocycles. The molecule has 0 aromatic carbocycles. The van der Waals surface area contributed by atoms with Crippen molar-refractivity contribution in [1.82, 2.24) is 19.9 Å². The van der Waals surface area contributed by atoms with E-state index >= 15 is 0 Å². The Morgan fingerprint density at radius 2 is 2.16 bits per heavy atom. The molecule has 3 saturated heterocycles. The monoisotopic (exact) mass is 341 g/mol. The molecular weight excluding hydrogens is 318 g/mol. The number of anilines is 1. The largest absolute Gasteiger partial charge is 0.383 e. The van der Waals surface area contributed by atoms with E-state index in [1.54, 1.807) is 13.3 Å². The van der Waals surface area contributed by atoms with Crippen LogP contribution >= 0.6 is 0 Å². The summed E-state index contributed by atoms with van der Waals surface area (Å²) < 4.78 is 5.19. The Labute approximate surface area is 147 Å². The summed E-state index contributed by atoms with van der Waals surface area (Å²) in [5.74, 6) is 1.89. The molecule has 132 valence electrons. The average Bonchev–Trinajstić information content (AvgIpc) is 2.90. The van der Waals surface area contributed by atoms with Crippen LogP contribution in [0.4, 0.5) is 5.82 Å². The molecule has 2 unspecified atom stereocenters. The summed E-state index contributed by atoms with van der Waals surface area (Å²) in [7, 11) is 1.68. The molecule has 1 amide bonds. The lowest BCUT2D eigenvalue weighted by Crippen LogP contribution is -2.49. The van der Waals surface area contributed by atoms with E-state index in [1.165, 1.54) is 0 Å². The first-order valence-electron chi connectivity index (χ1n) is 8.81. The normalized spacial score (nSPS) is 23.4. The highest BCUT2D eigenvalue weighted by atomic mass is 16.5. The van der Waals surface area contributed by atoms with Crippen LogP contribution in [0.25, 0.3) is 11.0 Å². The van der Waals surface area contributed by atoms with E-state index in [0.717, 1.165) is 30.6 Å². The van der Waals surface area contributed by atoms with Crippen molar-refractivity contribution < 1.29 is 9.53 Å². The molecule has 5 heterocycles. The molecule has 2 bridgehead atoms. The van der Waals surface area contributed by atoms with Gasteiger partial charge >= 0.3 is 0 Å². The van der Waals surface area contributed by atoms with Crippen molar-refractivity contribution in [3.05, 3.63) is 24.2 Å². The SMILES string of the molecule is COCCN1C(=O)C2CCC1CN(c1nc(C)nc3ncccc13)C2. The van der Waals surface area contributed by atoms with E-state index in [9.17, 15) is 4.79 Å². The van der Waals surface area contributed by atoms with E-state index < -0.39 is 0 Å². The van der Waals surface area contributed by atoms with Crippen LogP contribution in [-0.4, -0.2) is 65.2 Å². The van der Waals surface area contributed by atoms with Crippen molar-refractivity contribution in [1.29, 1.82) is 0 Å². The standard InChI is InChI=1S/C18H23N5O2/c1-12-20-16-15(4-3-7-19-16)17(21-12)22-10-13-5-6-14(11-22)23(18(13)24)8-9-25-2/h3-4,7,13-14H,5-6,8-11H2,1-2H3. The molecule has 3 aliphatic heterocycles. The summed E-state index contributed by atoms with van der Waals surface area (Å²) in [6.07, 6.45) is 3.74. The minimum Gasteiger partial charge on any atom is -0.383 e. The number of rotatable bonds is 4. The van der Waals surface area contributed by atoms with E-state index in [-0.39, 0.29) is 17.9 Å². The highest BCUT2D eigenvalue weighted by Crippen LogP contribution is 2.33. The zero-order valence-electron chi connectivity index (χ0n) is 14.7. The summed E-state index contributed by atoms with van der Waals surface area (Å²) in [5, 5.41) is 0.949. The molecule has 0 aliphatic carbocycles. The highest BCUT2D eigenvalue weighted by Gasteiger charge is 2.41.